The van der Waals surface area contributed by atoms with E-state index in [4.69, 9.17) is 10.2 Å². The molecule has 0 aliphatic heterocycles. The third-order valence-electron chi connectivity index (χ3n) is 3.09. The van der Waals surface area contributed by atoms with Crippen molar-refractivity contribution in [3.05, 3.63) is 53.5 Å². The number of sulfonamides is 1. The second-order valence-electron chi connectivity index (χ2n) is 4.52. The van der Waals surface area contributed by atoms with Crippen molar-refractivity contribution in [1.29, 1.82) is 0 Å². The zero-order valence-corrected chi connectivity index (χ0v) is 12.1. The average molecular weight is 294 g/mol. The molecule has 0 spiro atoms. The molecule has 5 nitrogen and oxygen atoms in total. The van der Waals surface area contributed by atoms with E-state index in [2.05, 4.69) is 4.72 Å². The lowest BCUT2D eigenvalue weighted by atomic mass is 10.1. The first-order valence-corrected chi connectivity index (χ1v) is 7.83. The molecule has 1 aromatic carbocycles. The number of nitrogens with one attached hydrogen (secondary N) is 1. The van der Waals surface area contributed by atoms with Crippen LogP contribution in [0.15, 0.2) is 45.9 Å². The SMILES string of the molecule is Cc1ccc(S(=O)(=O)NCCc2ccco2)cc1CN. The zero-order valence-electron chi connectivity index (χ0n) is 11.3. The van der Waals surface area contributed by atoms with E-state index in [1.807, 2.05) is 13.0 Å². The number of hydrogen-bond acceptors (Lipinski definition) is 4. The Labute approximate surface area is 118 Å². The first-order chi connectivity index (χ1) is 9.53. The highest BCUT2D eigenvalue weighted by Crippen LogP contribution is 2.15. The molecular formula is C14H18N2O3S. The normalized spacial score (nSPS) is 11.7. The van der Waals surface area contributed by atoms with E-state index in [1.54, 1.807) is 30.5 Å². The van der Waals surface area contributed by atoms with Gasteiger partial charge in [0.2, 0.25) is 10.0 Å². The zero-order chi connectivity index (χ0) is 14.6. The number of aryl methyl sites for hydroxylation is 1. The van der Waals surface area contributed by atoms with Gasteiger partial charge in [-0.05, 0) is 42.3 Å². The molecule has 0 atom stereocenters. The summed E-state index contributed by atoms with van der Waals surface area (Å²) in [5, 5.41) is 0. The molecule has 0 aliphatic rings. The molecule has 6 heteroatoms. The lowest BCUT2D eigenvalue weighted by Gasteiger charge is -2.09. The molecule has 2 aromatic rings. The first-order valence-electron chi connectivity index (χ1n) is 6.34. The minimum absolute atomic E-state index is 0.239. The average Bonchev–Trinajstić information content (AvgIpc) is 2.92. The topological polar surface area (TPSA) is 85.3 Å². The number of hydrogen-bond donors (Lipinski definition) is 2. The number of benzene rings is 1. The van der Waals surface area contributed by atoms with Crippen LogP contribution in [0.4, 0.5) is 0 Å². The maximum Gasteiger partial charge on any atom is 0.240 e. The van der Waals surface area contributed by atoms with Crippen molar-refractivity contribution in [3.8, 4) is 0 Å². The maximum absolute atomic E-state index is 12.2. The van der Waals surface area contributed by atoms with Crippen molar-refractivity contribution >= 4 is 10.0 Å². The second kappa shape index (κ2) is 6.21. The van der Waals surface area contributed by atoms with Crippen LogP contribution in [-0.4, -0.2) is 15.0 Å². The van der Waals surface area contributed by atoms with Crippen LogP contribution in [0.3, 0.4) is 0 Å². The molecule has 0 saturated carbocycles. The Morgan fingerprint density at radius 3 is 2.75 bits per heavy atom. The van der Waals surface area contributed by atoms with Crippen molar-refractivity contribution in [3.63, 3.8) is 0 Å². The highest BCUT2D eigenvalue weighted by atomic mass is 32.2. The molecule has 2 rings (SSSR count). The van der Waals surface area contributed by atoms with Gasteiger partial charge in [0.15, 0.2) is 0 Å². The predicted molar refractivity (Wildman–Crippen MR) is 76.7 cm³/mol. The van der Waals surface area contributed by atoms with E-state index in [9.17, 15) is 8.42 Å². The Morgan fingerprint density at radius 2 is 2.10 bits per heavy atom. The summed E-state index contributed by atoms with van der Waals surface area (Å²) < 4.78 is 32.0. The molecule has 1 heterocycles. The molecule has 108 valence electrons. The fourth-order valence-electron chi connectivity index (χ4n) is 1.88. The highest BCUT2D eigenvalue weighted by Gasteiger charge is 2.14. The van der Waals surface area contributed by atoms with Crippen LogP contribution < -0.4 is 10.5 Å². The van der Waals surface area contributed by atoms with Crippen LogP contribution in [0.5, 0.6) is 0 Å². The van der Waals surface area contributed by atoms with E-state index < -0.39 is 10.0 Å². The number of furan rings is 1. The molecule has 0 aliphatic carbocycles. The fraction of sp³-hybridized carbons (Fsp3) is 0.286. The van der Waals surface area contributed by atoms with E-state index >= 15 is 0 Å². The standard InChI is InChI=1S/C14H18N2O3S/c1-11-4-5-14(9-12(11)10-15)20(17,18)16-7-6-13-3-2-8-19-13/h2-5,8-9,16H,6-7,10,15H2,1H3. The van der Waals surface area contributed by atoms with Gasteiger partial charge in [-0.1, -0.05) is 6.07 Å². The molecule has 0 radical (unpaired) electrons. The lowest BCUT2D eigenvalue weighted by molar-refractivity contribution is 0.506. The highest BCUT2D eigenvalue weighted by molar-refractivity contribution is 7.89. The molecule has 0 unspecified atom stereocenters. The minimum atomic E-state index is -3.51. The Morgan fingerprint density at radius 1 is 1.30 bits per heavy atom. The summed E-state index contributed by atoms with van der Waals surface area (Å²) in [5.41, 5.74) is 7.42. The Balaban J connectivity index is 2.06. The summed E-state index contributed by atoms with van der Waals surface area (Å²) in [4.78, 5) is 0.239. The van der Waals surface area contributed by atoms with Gasteiger partial charge in [-0.25, -0.2) is 13.1 Å². The summed E-state index contributed by atoms with van der Waals surface area (Å²) >= 11 is 0. The molecule has 0 amide bonds. The molecule has 3 N–H and O–H groups in total. The molecule has 0 fully saturated rings. The van der Waals surface area contributed by atoms with Gasteiger partial charge in [0, 0.05) is 19.5 Å². The monoisotopic (exact) mass is 294 g/mol. The fourth-order valence-corrected chi connectivity index (χ4v) is 2.96. The van der Waals surface area contributed by atoms with Gasteiger partial charge < -0.3 is 10.2 Å². The third-order valence-corrected chi connectivity index (χ3v) is 4.55. The van der Waals surface area contributed by atoms with Crippen molar-refractivity contribution in [2.45, 2.75) is 24.8 Å². The van der Waals surface area contributed by atoms with Crippen LogP contribution >= 0.6 is 0 Å². The molecule has 20 heavy (non-hydrogen) atoms. The van der Waals surface area contributed by atoms with Crippen molar-refractivity contribution in [2.75, 3.05) is 6.54 Å². The molecule has 1 aromatic heterocycles. The number of nitrogens with two attached hydrogens (primary N) is 1. The van der Waals surface area contributed by atoms with Gasteiger partial charge in [0.25, 0.3) is 0 Å². The van der Waals surface area contributed by atoms with Crippen LogP contribution in [0.25, 0.3) is 0 Å². The van der Waals surface area contributed by atoms with Crippen LogP contribution in [0, 0.1) is 6.92 Å². The van der Waals surface area contributed by atoms with E-state index in [-0.39, 0.29) is 4.90 Å². The van der Waals surface area contributed by atoms with E-state index in [1.165, 1.54) is 0 Å². The first kappa shape index (κ1) is 14.8. The second-order valence-corrected chi connectivity index (χ2v) is 6.29. The number of rotatable bonds is 6. The van der Waals surface area contributed by atoms with Gasteiger partial charge in [0.1, 0.15) is 5.76 Å². The van der Waals surface area contributed by atoms with Gasteiger partial charge in [0.05, 0.1) is 11.2 Å². The summed E-state index contributed by atoms with van der Waals surface area (Å²) in [6.07, 6.45) is 2.08. The Kier molecular flexibility index (Phi) is 4.59. The van der Waals surface area contributed by atoms with Gasteiger partial charge in [-0.2, -0.15) is 0 Å². The van der Waals surface area contributed by atoms with E-state index in [0.717, 1.165) is 16.9 Å². The largest absolute Gasteiger partial charge is 0.469 e. The van der Waals surface area contributed by atoms with Crippen molar-refractivity contribution < 1.29 is 12.8 Å². The van der Waals surface area contributed by atoms with Crippen molar-refractivity contribution in [1.82, 2.24) is 4.72 Å². The van der Waals surface area contributed by atoms with E-state index in [0.29, 0.717) is 19.5 Å². The van der Waals surface area contributed by atoms with Crippen molar-refractivity contribution in [2.24, 2.45) is 5.73 Å². The Hall–Kier alpha value is -1.63. The predicted octanol–water partition coefficient (Wildman–Crippen LogP) is 1.57. The Bertz CT molecular complexity index is 664. The maximum atomic E-state index is 12.2. The quantitative estimate of drug-likeness (QED) is 0.847. The molecular weight excluding hydrogens is 276 g/mol. The molecule has 0 saturated heterocycles. The van der Waals surface area contributed by atoms with Gasteiger partial charge in [-0.3, -0.25) is 0 Å². The summed E-state index contributed by atoms with van der Waals surface area (Å²) in [7, 11) is -3.51. The molecule has 0 bridgehead atoms. The summed E-state index contributed by atoms with van der Waals surface area (Å²) in [6, 6.07) is 8.56. The van der Waals surface area contributed by atoms with Crippen LogP contribution in [0.1, 0.15) is 16.9 Å². The summed E-state index contributed by atoms with van der Waals surface area (Å²) in [5.74, 6) is 0.749. The minimum Gasteiger partial charge on any atom is -0.469 e. The third kappa shape index (κ3) is 3.47. The summed E-state index contributed by atoms with van der Waals surface area (Å²) in [6.45, 7) is 2.52. The smallest absolute Gasteiger partial charge is 0.240 e. The lowest BCUT2D eigenvalue weighted by Crippen LogP contribution is -2.26. The van der Waals surface area contributed by atoms with Gasteiger partial charge >= 0.3 is 0 Å². The van der Waals surface area contributed by atoms with Crippen LogP contribution in [-0.2, 0) is 23.0 Å². The van der Waals surface area contributed by atoms with Crippen LogP contribution in [0.2, 0.25) is 0 Å². The van der Waals surface area contributed by atoms with Gasteiger partial charge in [-0.15, -0.1) is 0 Å².